The third kappa shape index (κ3) is 1.57. The second-order valence-electron chi connectivity index (χ2n) is 3.10. The van der Waals surface area contributed by atoms with Crippen molar-refractivity contribution in [3.63, 3.8) is 0 Å². The second kappa shape index (κ2) is 3.69. The zero-order chi connectivity index (χ0) is 9.97. The molecule has 0 radical (unpaired) electrons. The lowest BCUT2D eigenvalue weighted by Crippen LogP contribution is -1.85. The zero-order valence-electron chi connectivity index (χ0n) is 7.44. The van der Waals surface area contributed by atoms with Crippen molar-refractivity contribution in [1.82, 2.24) is 0 Å². The van der Waals surface area contributed by atoms with Gasteiger partial charge in [0.05, 0.1) is 6.07 Å². The highest BCUT2D eigenvalue weighted by Gasteiger charge is 2.05. The van der Waals surface area contributed by atoms with Crippen LogP contribution < -0.4 is 0 Å². The Labute approximate surface area is 87.5 Å². The van der Waals surface area contributed by atoms with Gasteiger partial charge in [-0.2, -0.15) is 5.26 Å². The van der Waals surface area contributed by atoms with Crippen molar-refractivity contribution < 1.29 is 0 Å². The molecule has 1 nitrogen and oxygen atoms in total. The summed E-state index contributed by atoms with van der Waals surface area (Å²) in [6, 6.07) is 15.9. The van der Waals surface area contributed by atoms with E-state index in [1.54, 1.807) is 0 Å². The van der Waals surface area contributed by atoms with Crippen molar-refractivity contribution in [2.45, 2.75) is 5.38 Å². The number of halogens is 1. The molecule has 0 bridgehead atoms. The van der Waals surface area contributed by atoms with Crippen molar-refractivity contribution >= 4 is 22.4 Å². The summed E-state index contributed by atoms with van der Waals surface area (Å²) in [7, 11) is 0. The molecule has 0 amide bonds. The van der Waals surface area contributed by atoms with Gasteiger partial charge in [-0.15, -0.1) is 11.6 Å². The molecule has 0 spiro atoms. The summed E-state index contributed by atoms with van der Waals surface area (Å²) in [6.45, 7) is 0. The monoisotopic (exact) mass is 201 g/mol. The molecule has 0 fully saturated rings. The van der Waals surface area contributed by atoms with Crippen LogP contribution in [-0.2, 0) is 0 Å². The summed E-state index contributed by atoms with van der Waals surface area (Å²) in [5.41, 5.74) is 0.855. The van der Waals surface area contributed by atoms with Gasteiger partial charge in [0.15, 0.2) is 0 Å². The fraction of sp³-hybridized carbons (Fsp3) is 0.0833. The van der Waals surface area contributed by atoms with Gasteiger partial charge in [-0.3, -0.25) is 0 Å². The highest BCUT2D eigenvalue weighted by molar-refractivity contribution is 6.22. The molecule has 2 aromatic carbocycles. The summed E-state index contributed by atoms with van der Waals surface area (Å²) in [6.07, 6.45) is 0. The number of benzene rings is 2. The maximum absolute atomic E-state index is 8.68. The SMILES string of the molecule is N#CC(Cl)c1ccc2ccccc2c1. The van der Waals surface area contributed by atoms with Gasteiger partial charge in [0, 0.05) is 0 Å². The van der Waals surface area contributed by atoms with Crippen LogP contribution in [0, 0.1) is 11.3 Å². The Morgan fingerprint density at radius 2 is 1.79 bits per heavy atom. The Morgan fingerprint density at radius 3 is 2.50 bits per heavy atom. The number of fused-ring (bicyclic) bond motifs is 1. The molecule has 0 heterocycles. The van der Waals surface area contributed by atoms with Gasteiger partial charge >= 0.3 is 0 Å². The van der Waals surface area contributed by atoms with Gasteiger partial charge in [-0.05, 0) is 22.4 Å². The summed E-state index contributed by atoms with van der Waals surface area (Å²) < 4.78 is 0. The van der Waals surface area contributed by atoms with Crippen LogP contribution in [0.25, 0.3) is 10.8 Å². The average Bonchev–Trinajstić information content (AvgIpc) is 2.27. The molecule has 0 saturated carbocycles. The van der Waals surface area contributed by atoms with E-state index in [0.29, 0.717) is 0 Å². The largest absolute Gasteiger partial charge is 0.196 e. The number of hydrogen-bond donors (Lipinski definition) is 0. The minimum Gasteiger partial charge on any atom is -0.196 e. The van der Waals surface area contributed by atoms with E-state index in [4.69, 9.17) is 16.9 Å². The van der Waals surface area contributed by atoms with Crippen molar-refractivity contribution in [1.29, 1.82) is 5.26 Å². The molecule has 0 aromatic heterocycles. The van der Waals surface area contributed by atoms with E-state index in [0.717, 1.165) is 16.3 Å². The van der Waals surface area contributed by atoms with E-state index < -0.39 is 5.38 Å². The van der Waals surface area contributed by atoms with Crippen molar-refractivity contribution in [3.8, 4) is 6.07 Å². The maximum Gasteiger partial charge on any atom is 0.145 e. The Kier molecular flexibility index (Phi) is 2.39. The number of nitrogens with zero attached hydrogens (tertiary/aromatic N) is 1. The van der Waals surface area contributed by atoms with Gasteiger partial charge in [0.1, 0.15) is 5.38 Å². The van der Waals surface area contributed by atoms with E-state index in [1.807, 2.05) is 48.5 Å². The summed E-state index contributed by atoms with van der Waals surface area (Å²) in [4.78, 5) is 0. The van der Waals surface area contributed by atoms with Crippen LogP contribution in [0.5, 0.6) is 0 Å². The molecule has 2 rings (SSSR count). The third-order valence-electron chi connectivity index (χ3n) is 2.18. The maximum atomic E-state index is 8.68. The van der Waals surface area contributed by atoms with E-state index >= 15 is 0 Å². The Morgan fingerprint density at radius 1 is 1.07 bits per heavy atom. The number of alkyl halides is 1. The first-order chi connectivity index (χ1) is 6.81. The smallest absolute Gasteiger partial charge is 0.145 e. The lowest BCUT2D eigenvalue weighted by atomic mass is 10.1. The molecule has 0 aliphatic rings. The first-order valence-electron chi connectivity index (χ1n) is 4.33. The lowest BCUT2D eigenvalue weighted by molar-refractivity contribution is 1.22. The number of hydrogen-bond acceptors (Lipinski definition) is 1. The van der Waals surface area contributed by atoms with Crippen LogP contribution in [0.2, 0.25) is 0 Å². The first-order valence-corrected chi connectivity index (χ1v) is 4.77. The van der Waals surface area contributed by atoms with Crippen LogP contribution in [0.3, 0.4) is 0 Å². The summed E-state index contributed by atoms with van der Waals surface area (Å²) in [5.74, 6) is 0. The zero-order valence-corrected chi connectivity index (χ0v) is 8.20. The molecule has 0 aliphatic heterocycles. The van der Waals surface area contributed by atoms with E-state index in [9.17, 15) is 0 Å². The van der Waals surface area contributed by atoms with Crippen LogP contribution in [-0.4, -0.2) is 0 Å². The minimum atomic E-state index is -0.556. The summed E-state index contributed by atoms with van der Waals surface area (Å²) in [5, 5.41) is 10.4. The van der Waals surface area contributed by atoms with E-state index in [1.165, 1.54) is 0 Å². The topological polar surface area (TPSA) is 23.8 Å². The van der Waals surface area contributed by atoms with Gasteiger partial charge in [0.2, 0.25) is 0 Å². The molecule has 2 heteroatoms. The van der Waals surface area contributed by atoms with Crippen molar-refractivity contribution in [3.05, 3.63) is 48.0 Å². The minimum absolute atomic E-state index is 0.556. The predicted octanol–water partition coefficient (Wildman–Crippen LogP) is 3.64. The highest BCUT2D eigenvalue weighted by atomic mass is 35.5. The number of nitriles is 1. The fourth-order valence-corrected chi connectivity index (χ4v) is 1.58. The Hall–Kier alpha value is -1.52. The molecule has 0 saturated heterocycles. The average molecular weight is 202 g/mol. The molecular weight excluding hydrogens is 194 g/mol. The van der Waals surface area contributed by atoms with Gasteiger partial charge in [-0.1, -0.05) is 36.4 Å². The van der Waals surface area contributed by atoms with Crippen LogP contribution in [0.15, 0.2) is 42.5 Å². The van der Waals surface area contributed by atoms with Gasteiger partial charge in [0.25, 0.3) is 0 Å². The first kappa shape index (κ1) is 9.05. The molecule has 1 atom stereocenters. The van der Waals surface area contributed by atoms with E-state index in [2.05, 4.69) is 0 Å². The van der Waals surface area contributed by atoms with Crippen LogP contribution in [0.4, 0.5) is 0 Å². The molecule has 2 aromatic rings. The predicted molar refractivity (Wildman–Crippen MR) is 58.2 cm³/mol. The van der Waals surface area contributed by atoms with Crippen LogP contribution >= 0.6 is 11.6 Å². The second-order valence-corrected chi connectivity index (χ2v) is 3.53. The van der Waals surface area contributed by atoms with Crippen molar-refractivity contribution in [2.75, 3.05) is 0 Å². The number of rotatable bonds is 1. The van der Waals surface area contributed by atoms with Gasteiger partial charge < -0.3 is 0 Å². The highest BCUT2D eigenvalue weighted by Crippen LogP contribution is 2.23. The Balaban J connectivity index is 2.58. The molecule has 1 unspecified atom stereocenters. The molecular formula is C12H8ClN. The standard InChI is InChI=1S/C12H8ClN/c13-12(8-14)11-6-5-9-3-1-2-4-10(9)7-11/h1-7,12H. The third-order valence-corrected chi connectivity index (χ3v) is 2.53. The molecule has 14 heavy (non-hydrogen) atoms. The molecule has 0 N–H and O–H groups in total. The van der Waals surface area contributed by atoms with Crippen LogP contribution in [0.1, 0.15) is 10.9 Å². The molecule has 68 valence electrons. The van der Waals surface area contributed by atoms with Crippen molar-refractivity contribution in [2.24, 2.45) is 0 Å². The lowest BCUT2D eigenvalue weighted by Gasteiger charge is -2.02. The fourth-order valence-electron chi connectivity index (χ4n) is 1.44. The summed E-state index contributed by atoms with van der Waals surface area (Å²) >= 11 is 5.83. The van der Waals surface area contributed by atoms with E-state index in [-0.39, 0.29) is 0 Å². The normalized spacial score (nSPS) is 12.3. The quantitative estimate of drug-likeness (QED) is 0.647. The van der Waals surface area contributed by atoms with Gasteiger partial charge in [-0.25, -0.2) is 0 Å². The molecule has 0 aliphatic carbocycles. The Bertz CT molecular complexity index is 499.